The van der Waals surface area contributed by atoms with Gasteiger partial charge in [0.2, 0.25) is 5.97 Å². The van der Waals surface area contributed by atoms with Gasteiger partial charge in [-0.15, -0.1) is 0 Å². The van der Waals surface area contributed by atoms with E-state index in [0.717, 1.165) is 0 Å². The van der Waals surface area contributed by atoms with Gasteiger partial charge in [-0.05, 0) is 18.2 Å². The van der Waals surface area contributed by atoms with Crippen LogP contribution in [-0.2, 0) is 0 Å². The van der Waals surface area contributed by atoms with Gasteiger partial charge in [0, 0.05) is 11.4 Å². The number of nitrogens with one attached hydrogen (secondary N) is 1. The Kier molecular flexibility index (Phi) is 1.76. The van der Waals surface area contributed by atoms with Crippen LogP contribution in [-0.4, -0.2) is 5.97 Å². The maximum Gasteiger partial charge on any atom is 0.214 e. The highest BCUT2D eigenvalue weighted by atomic mass is 19.1. The highest BCUT2D eigenvalue weighted by Crippen LogP contribution is 2.16. The Hall–Kier alpha value is -1.58. The van der Waals surface area contributed by atoms with Gasteiger partial charge in [0.1, 0.15) is 0 Å². The second kappa shape index (κ2) is 2.57. The van der Waals surface area contributed by atoms with Crippen LogP contribution in [0.1, 0.15) is 5.56 Å². The normalized spacial score (nSPS) is 9.55. The molecule has 0 atom stereocenters. The third-order valence-electron chi connectivity index (χ3n) is 1.31. The van der Waals surface area contributed by atoms with Crippen LogP contribution in [0.25, 0.3) is 0 Å². The first kappa shape index (κ1) is 7.53. The molecule has 0 unspecified atom stereocenters. The van der Waals surface area contributed by atoms with Crippen molar-refractivity contribution in [2.75, 3.05) is 11.5 Å². The number of hydrogen-bond acceptors (Lipinski definition) is 3. The predicted molar refractivity (Wildman–Crippen MR) is 43.2 cm³/mol. The molecule has 3 nitrogen and oxygen atoms in total. The Morgan fingerprint density at radius 2 is 2.00 bits per heavy atom. The van der Waals surface area contributed by atoms with Gasteiger partial charge in [0.15, 0.2) is 0 Å². The quantitative estimate of drug-likeness (QED) is 0.418. The SMILES string of the molecule is N=C(F)c1cc(N)ccc1N. The molecule has 0 aliphatic heterocycles. The summed E-state index contributed by atoms with van der Waals surface area (Å²) in [5, 5.41) is 6.67. The molecule has 5 N–H and O–H groups in total. The molecule has 58 valence electrons. The van der Waals surface area contributed by atoms with E-state index in [-0.39, 0.29) is 11.3 Å². The maximum absolute atomic E-state index is 12.3. The van der Waals surface area contributed by atoms with E-state index in [1.807, 2.05) is 0 Å². The summed E-state index contributed by atoms with van der Waals surface area (Å²) < 4.78 is 12.3. The molecular formula is C7H8FN3. The number of nitrogens with two attached hydrogens (primary N) is 2. The van der Waals surface area contributed by atoms with E-state index in [0.29, 0.717) is 5.69 Å². The standard InChI is InChI=1S/C7H8FN3/c8-7(11)5-3-4(9)1-2-6(5)10/h1-3,11H,9-10H2. The molecule has 0 bridgehead atoms. The smallest absolute Gasteiger partial charge is 0.214 e. The van der Waals surface area contributed by atoms with E-state index in [4.69, 9.17) is 16.9 Å². The van der Waals surface area contributed by atoms with E-state index in [2.05, 4.69) is 0 Å². The van der Waals surface area contributed by atoms with Crippen molar-refractivity contribution in [1.29, 1.82) is 5.41 Å². The molecule has 0 aliphatic rings. The summed E-state index contributed by atoms with van der Waals surface area (Å²) >= 11 is 0. The number of rotatable bonds is 1. The molecule has 0 aliphatic carbocycles. The van der Waals surface area contributed by atoms with E-state index in [9.17, 15) is 4.39 Å². The Labute approximate surface area is 63.3 Å². The lowest BCUT2D eigenvalue weighted by molar-refractivity contribution is 0.798. The van der Waals surface area contributed by atoms with Crippen molar-refractivity contribution in [3.8, 4) is 0 Å². The first-order valence-corrected chi connectivity index (χ1v) is 3.00. The Bertz CT molecular complexity index is 296. The molecule has 4 heteroatoms. The average Bonchev–Trinajstić information content (AvgIpc) is 1.94. The fourth-order valence-corrected chi connectivity index (χ4v) is 0.764. The molecular weight excluding hydrogens is 145 g/mol. The molecule has 1 rings (SSSR count). The molecule has 0 saturated heterocycles. The van der Waals surface area contributed by atoms with E-state index in [1.165, 1.54) is 12.1 Å². The average molecular weight is 153 g/mol. The summed E-state index contributed by atoms with van der Waals surface area (Å²) in [7, 11) is 0. The minimum absolute atomic E-state index is 0.0463. The number of anilines is 2. The van der Waals surface area contributed by atoms with Crippen molar-refractivity contribution in [2.45, 2.75) is 0 Å². The summed E-state index contributed by atoms with van der Waals surface area (Å²) in [6, 6.07) is 4.36. The molecule has 11 heavy (non-hydrogen) atoms. The third-order valence-corrected chi connectivity index (χ3v) is 1.31. The van der Waals surface area contributed by atoms with Crippen molar-refractivity contribution < 1.29 is 4.39 Å². The lowest BCUT2D eigenvalue weighted by atomic mass is 10.1. The zero-order chi connectivity index (χ0) is 8.43. The fourth-order valence-electron chi connectivity index (χ4n) is 0.764. The van der Waals surface area contributed by atoms with Crippen molar-refractivity contribution in [3.63, 3.8) is 0 Å². The number of hydrogen-bond donors (Lipinski definition) is 3. The number of benzene rings is 1. The van der Waals surface area contributed by atoms with Crippen LogP contribution in [0.4, 0.5) is 15.8 Å². The van der Waals surface area contributed by atoms with Crippen LogP contribution in [0.3, 0.4) is 0 Å². The van der Waals surface area contributed by atoms with Crippen molar-refractivity contribution in [1.82, 2.24) is 0 Å². The monoisotopic (exact) mass is 153 g/mol. The summed E-state index contributed by atoms with van der Waals surface area (Å²) in [6.07, 6.45) is 0. The first-order valence-electron chi connectivity index (χ1n) is 3.00. The number of nitrogen functional groups attached to an aromatic ring is 2. The Morgan fingerprint density at radius 3 is 2.45 bits per heavy atom. The third kappa shape index (κ3) is 1.46. The molecule has 0 spiro atoms. The van der Waals surface area contributed by atoms with Gasteiger partial charge in [-0.25, -0.2) is 0 Å². The predicted octanol–water partition coefficient (Wildman–Crippen LogP) is 1.15. The van der Waals surface area contributed by atoms with Crippen LogP contribution in [0.5, 0.6) is 0 Å². The Balaban J connectivity index is 3.23. The molecule has 0 amide bonds. The molecule has 1 aromatic carbocycles. The molecule has 0 heterocycles. The summed E-state index contributed by atoms with van der Waals surface area (Å²) in [5.41, 5.74) is 11.4. The fraction of sp³-hybridized carbons (Fsp3) is 0. The molecule has 0 saturated carbocycles. The summed E-state index contributed by atoms with van der Waals surface area (Å²) in [4.78, 5) is 0. The topological polar surface area (TPSA) is 75.9 Å². The van der Waals surface area contributed by atoms with Crippen LogP contribution in [0.2, 0.25) is 0 Å². The zero-order valence-electron chi connectivity index (χ0n) is 5.76. The summed E-state index contributed by atoms with van der Waals surface area (Å²) in [5.74, 6) is -1.06. The van der Waals surface area contributed by atoms with Gasteiger partial charge in [0.05, 0.1) is 5.56 Å². The summed E-state index contributed by atoms with van der Waals surface area (Å²) in [6.45, 7) is 0. The van der Waals surface area contributed by atoms with Crippen LogP contribution < -0.4 is 11.5 Å². The first-order chi connectivity index (χ1) is 5.11. The molecule has 0 aromatic heterocycles. The second-order valence-corrected chi connectivity index (χ2v) is 2.16. The van der Waals surface area contributed by atoms with Crippen molar-refractivity contribution >= 4 is 17.3 Å². The van der Waals surface area contributed by atoms with E-state index in [1.54, 1.807) is 6.07 Å². The highest BCUT2D eigenvalue weighted by Gasteiger charge is 2.03. The lowest BCUT2D eigenvalue weighted by Crippen LogP contribution is -1.99. The second-order valence-electron chi connectivity index (χ2n) is 2.16. The molecule has 1 aromatic rings. The van der Waals surface area contributed by atoms with Crippen LogP contribution in [0, 0.1) is 5.41 Å². The lowest BCUT2D eigenvalue weighted by Gasteiger charge is -2.01. The van der Waals surface area contributed by atoms with E-state index < -0.39 is 5.97 Å². The van der Waals surface area contributed by atoms with Crippen molar-refractivity contribution in [2.24, 2.45) is 0 Å². The minimum atomic E-state index is -1.06. The highest BCUT2D eigenvalue weighted by molar-refractivity contribution is 5.97. The van der Waals surface area contributed by atoms with Gasteiger partial charge in [-0.3, -0.25) is 5.41 Å². The van der Waals surface area contributed by atoms with Crippen LogP contribution >= 0.6 is 0 Å². The van der Waals surface area contributed by atoms with Crippen molar-refractivity contribution in [3.05, 3.63) is 23.8 Å². The van der Waals surface area contributed by atoms with Gasteiger partial charge >= 0.3 is 0 Å². The maximum atomic E-state index is 12.3. The van der Waals surface area contributed by atoms with Gasteiger partial charge in [-0.1, -0.05) is 0 Å². The molecule has 0 fully saturated rings. The van der Waals surface area contributed by atoms with Gasteiger partial charge in [0.25, 0.3) is 0 Å². The minimum Gasteiger partial charge on any atom is -0.399 e. The van der Waals surface area contributed by atoms with Crippen LogP contribution in [0.15, 0.2) is 18.2 Å². The molecule has 0 radical (unpaired) electrons. The largest absolute Gasteiger partial charge is 0.399 e. The van der Waals surface area contributed by atoms with Gasteiger partial charge in [-0.2, -0.15) is 4.39 Å². The van der Waals surface area contributed by atoms with E-state index >= 15 is 0 Å². The number of halogens is 1. The zero-order valence-corrected chi connectivity index (χ0v) is 5.76. The van der Waals surface area contributed by atoms with Gasteiger partial charge < -0.3 is 11.5 Å². The Morgan fingerprint density at radius 1 is 1.36 bits per heavy atom.